The lowest BCUT2D eigenvalue weighted by Gasteiger charge is -2.41. The van der Waals surface area contributed by atoms with Gasteiger partial charge in [0.05, 0.1) is 12.1 Å². The van der Waals surface area contributed by atoms with E-state index in [4.69, 9.17) is 0 Å². The van der Waals surface area contributed by atoms with Crippen LogP contribution in [-0.2, 0) is 0 Å². The van der Waals surface area contributed by atoms with Crippen LogP contribution < -0.4 is 5.32 Å². The van der Waals surface area contributed by atoms with Crippen LogP contribution in [0, 0.1) is 11.8 Å². The topological polar surface area (TPSA) is 35.5 Å². The summed E-state index contributed by atoms with van der Waals surface area (Å²) < 4.78 is 0. The molecular formula is C16H32N2O. The monoisotopic (exact) mass is 268 g/mol. The van der Waals surface area contributed by atoms with Crippen molar-refractivity contribution in [3.63, 3.8) is 0 Å². The van der Waals surface area contributed by atoms with Crippen molar-refractivity contribution in [3.05, 3.63) is 0 Å². The van der Waals surface area contributed by atoms with Gasteiger partial charge in [0.25, 0.3) is 0 Å². The van der Waals surface area contributed by atoms with Crippen molar-refractivity contribution in [3.8, 4) is 0 Å². The lowest BCUT2D eigenvalue weighted by Crippen LogP contribution is -2.58. The molecule has 0 aromatic heterocycles. The third-order valence-electron chi connectivity index (χ3n) is 5.31. The molecule has 0 aromatic carbocycles. The van der Waals surface area contributed by atoms with E-state index < -0.39 is 0 Å². The Hall–Kier alpha value is -0.120. The van der Waals surface area contributed by atoms with E-state index >= 15 is 0 Å². The number of hydrogen-bond donors (Lipinski definition) is 2. The molecular weight excluding hydrogens is 236 g/mol. The molecule has 0 aromatic rings. The minimum atomic E-state index is -0.0490. The van der Waals surface area contributed by atoms with Gasteiger partial charge in [0.2, 0.25) is 0 Å². The van der Waals surface area contributed by atoms with Gasteiger partial charge in [-0.25, -0.2) is 0 Å². The highest BCUT2D eigenvalue weighted by molar-refractivity contribution is 5.03. The number of rotatable bonds is 7. The second-order valence-corrected chi connectivity index (χ2v) is 6.95. The highest BCUT2D eigenvalue weighted by atomic mass is 16.3. The molecule has 112 valence electrons. The van der Waals surface area contributed by atoms with Gasteiger partial charge in [-0.15, -0.1) is 0 Å². The maximum Gasteiger partial charge on any atom is 0.0628 e. The van der Waals surface area contributed by atoms with E-state index in [1.165, 1.54) is 38.5 Å². The van der Waals surface area contributed by atoms with Crippen molar-refractivity contribution < 1.29 is 5.11 Å². The number of aliphatic hydroxyl groups is 1. The lowest BCUT2D eigenvalue weighted by molar-refractivity contribution is 0.0710. The van der Waals surface area contributed by atoms with E-state index in [1.54, 1.807) is 0 Å². The normalized spacial score (nSPS) is 31.4. The Bertz CT molecular complexity index is 272. The summed E-state index contributed by atoms with van der Waals surface area (Å²) in [6.45, 7) is 6.75. The van der Waals surface area contributed by atoms with Crippen LogP contribution in [0.15, 0.2) is 0 Å². The minimum absolute atomic E-state index is 0.0490. The van der Waals surface area contributed by atoms with Gasteiger partial charge in [0.15, 0.2) is 0 Å². The zero-order valence-electron chi connectivity index (χ0n) is 13.0. The van der Waals surface area contributed by atoms with Gasteiger partial charge in [0, 0.05) is 12.6 Å². The summed E-state index contributed by atoms with van der Waals surface area (Å²) in [6, 6.07) is 0.722. The van der Waals surface area contributed by atoms with Gasteiger partial charge >= 0.3 is 0 Å². The van der Waals surface area contributed by atoms with Crippen LogP contribution in [0.3, 0.4) is 0 Å². The van der Waals surface area contributed by atoms with Gasteiger partial charge in [-0.2, -0.15) is 0 Å². The zero-order chi connectivity index (χ0) is 13.9. The third-order valence-corrected chi connectivity index (χ3v) is 5.31. The van der Waals surface area contributed by atoms with E-state index in [2.05, 4.69) is 31.1 Å². The van der Waals surface area contributed by atoms with Crippen LogP contribution in [0.2, 0.25) is 0 Å². The maximum atomic E-state index is 9.92. The molecule has 0 radical (unpaired) electrons. The van der Waals surface area contributed by atoms with Crippen LogP contribution in [0.5, 0.6) is 0 Å². The first-order valence-corrected chi connectivity index (χ1v) is 8.17. The molecule has 2 aliphatic rings. The zero-order valence-corrected chi connectivity index (χ0v) is 13.0. The lowest BCUT2D eigenvalue weighted by atomic mass is 9.85. The van der Waals surface area contributed by atoms with E-state index in [-0.39, 0.29) is 12.1 Å². The van der Waals surface area contributed by atoms with Crippen molar-refractivity contribution >= 4 is 0 Å². The highest BCUT2D eigenvalue weighted by Crippen LogP contribution is 2.40. The Morgan fingerprint density at radius 2 is 1.79 bits per heavy atom. The molecule has 3 heteroatoms. The molecule has 0 heterocycles. The fourth-order valence-electron chi connectivity index (χ4n) is 3.81. The number of hydrogen-bond acceptors (Lipinski definition) is 3. The first-order chi connectivity index (χ1) is 9.11. The van der Waals surface area contributed by atoms with E-state index in [0.29, 0.717) is 5.92 Å². The Balaban J connectivity index is 1.92. The number of likely N-dealkylation sites (N-methyl/N-ethyl adjacent to an activating group) is 2. The highest BCUT2D eigenvalue weighted by Gasteiger charge is 2.45. The SMILES string of the molecule is CCNC(CO)(CN(C)C1CCC(C)CC1)C1CC1. The van der Waals surface area contributed by atoms with Crippen LogP contribution in [-0.4, -0.2) is 48.3 Å². The quantitative estimate of drug-likeness (QED) is 0.743. The average molecular weight is 268 g/mol. The summed E-state index contributed by atoms with van der Waals surface area (Å²) in [5.41, 5.74) is -0.0490. The summed E-state index contributed by atoms with van der Waals surface area (Å²) in [4.78, 5) is 2.52. The fourth-order valence-corrected chi connectivity index (χ4v) is 3.81. The average Bonchev–Trinajstić information content (AvgIpc) is 3.23. The van der Waals surface area contributed by atoms with Crippen LogP contribution in [0.1, 0.15) is 52.4 Å². The van der Waals surface area contributed by atoms with Gasteiger partial charge in [-0.3, -0.25) is 0 Å². The predicted molar refractivity (Wildman–Crippen MR) is 80.3 cm³/mol. The molecule has 3 nitrogen and oxygen atoms in total. The number of nitrogens with one attached hydrogen (secondary N) is 1. The second kappa shape index (κ2) is 6.55. The molecule has 2 fully saturated rings. The standard InChI is InChI=1S/C16H32N2O/c1-4-17-16(12-19,14-7-8-14)11-18(3)15-9-5-13(2)6-10-15/h13-15,17,19H,4-12H2,1-3H3. The van der Waals surface area contributed by atoms with Gasteiger partial charge < -0.3 is 15.3 Å². The molecule has 1 atom stereocenters. The molecule has 2 N–H and O–H groups in total. The molecule has 0 spiro atoms. The molecule has 0 bridgehead atoms. The number of nitrogens with zero attached hydrogens (tertiary/aromatic N) is 1. The first-order valence-electron chi connectivity index (χ1n) is 8.17. The third kappa shape index (κ3) is 3.71. The summed E-state index contributed by atoms with van der Waals surface area (Å²) in [5, 5.41) is 13.5. The predicted octanol–water partition coefficient (Wildman–Crippen LogP) is 2.25. The Morgan fingerprint density at radius 3 is 2.26 bits per heavy atom. The van der Waals surface area contributed by atoms with Crippen molar-refractivity contribution in [1.29, 1.82) is 0 Å². The first kappa shape index (κ1) is 15.3. The Kier molecular flexibility index (Phi) is 5.27. The summed E-state index contributed by atoms with van der Waals surface area (Å²) in [5.74, 6) is 1.59. The summed E-state index contributed by atoms with van der Waals surface area (Å²) in [6.07, 6.45) is 7.95. The minimum Gasteiger partial charge on any atom is -0.394 e. The van der Waals surface area contributed by atoms with Crippen molar-refractivity contribution in [2.75, 3.05) is 26.7 Å². The van der Waals surface area contributed by atoms with Gasteiger partial charge in [0.1, 0.15) is 0 Å². The van der Waals surface area contributed by atoms with Crippen LogP contribution >= 0.6 is 0 Å². The number of aliphatic hydroxyl groups excluding tert-OH is 1. The second-order valence-electron chi connectivity index (χ2n) is 6.95. The van der Waals surface area contributed by atoms with Crippen molar-refractivity contribution in [2.45, 2.75) is 64.0 Å². The van der Waals surface area contributed by atoms with E-state index in [9.17, 15) is 5.11 Å². The van der Waals surface area contributed by atoms with E-state index in [0.717, 1.165) is 25.0 Å². The summed E-state index contributed by atoms with van der Waals surface area (Å²) >= 11 is 0. The molecule has 0 amide bonds. The molecule has 0 aliphatic heterocycles. The molecule has 19 heavy (non-hydrogen) atoms. The molecule has 1 unspecified atom stereocenters. The van der Waals surface area contributed by atoms with E-state index in [1.807, 2.05) is 0 Å². The fraction of sp³-hybridized carbons (Fsp3) is 1.00. The molecule has 0 saturated heterocycles. The van der Waals surface area contributed by atoms with Crippen LogP contribution in [0.4, 0.5) is 0 Å². The smallest absolute Gasteiger partial charge is 0.0628 e. The summed E-state index contributed by atoms with van der Waals surface area (Å²) in [7, 11) is 2.25. The maximum absolute atomic E-state index is 9.92. The molecule has 2 aliphatic carbocycles. The largest absolute Gasteiger partial charge is 0.394 e. The molecule has 2 saturated carbocycles. The Morgan fingerprint density at radius 1 is 1.16 bits per heavy atom. The Labute approximate surface area is 118 Å². The van der Waals surface area contributed by atoms with Crippen molar-refractivity contribution in [1.82, 2.24) is 10.2 Å². The van der Waals surface area contributed by atoms with Gasteiger partial charge in [-0.05, 0) is 64.0 Å². The van der Waals surface area contributed by atoms with Crippen LogP contribution in [0.25, 0.3) is 0 Å². The van der Waals surface area contributed by atoms with Crippen molar-refractivity contribution in [2.24, 2.45) is 11.8 Å². The van der Waals surface area contributed by atoms with Gasteiger partial charge in [-0.1, -0.05) is 13.8 Å². The molecule has 2 rings (SSSR count).